The van der Waals surface area contributed by atoms with E-state index in [1.165, 1.54) is 0 Å². The number of benzene rings is 2. The molecule has 6 nitrogen and oxygen atoms in total. The number of nitrogens with one attached hydrogen (secondary N) is 1. The number of carbonyl (C=O) groups is 1. The predicted molar refractivity (Wildman–Crippen MR) is 104 cm³/mol. The number of aliphatic hydroxyl groups excluding tert-OH is 1. The number of rotatable bonds is 9. The predicted octanol–water partition coefficient (Wildman–Crippen LogP) is 2.53. The number of nitrogens with zero attached hydrogens (tertiary/aromatic N) is 1. The van der Waals surface area contributed by atoms with E-state index in [0.717, 1.165) is 22.0 Å². The zero-order chi connectivity index (χ0) is 18.8. The Bertz CT molecular complexity index is 667. The fourth-order valence-electron chi connectivity index (χ4n) is 2.25. The van der Waals surface area contributed by atoms with E-state index in [1.807, 2.05) is 30.3 Å². The van der Waals surface area contributed by atoms with Gasteiger partial charge in [-0.1, -0.05) is 43.1 Å². The third-order valence-electron chi connectivity index (χ3n) is 3.65. The van der Waals surface area contributed by atoms with E-state index in [2.05, 4.69) is 18.1 Å². The Kier molecular flexibility index (Phi) is 8.11. The molecule has 0 heterocycles. The molecule has 2 aromatic rings. The Morgan fingerprint density at radius 2 is 1.81 bits per heavy atom. The Hall–Kier alpha value is -2.38. The lowest BCUT2D eigenvalue weighted by atomic mass is 10.1. The summed E-state index contributed by atoms with van der Waals surface area (Å²) in [5, 5.41) is 12.8. The SMILES string of the molecule is COc1ccc(OCC(O)CN(S)C(=O)NCCc2ccccc2)cc1. The number of carbonyl (C=O) groups excluding carboxylic acids is 1. The van der Waals surface area contributed by atoms with Gasteiger partial charge in [-0.15, -0.1) is 0 Å². The number of methoxy groups -OCH3 is 1. The standard InChI is InChI=1S/C19H24N2O4S/c1-24-17-7-9-18(10-8-17)25-14-16(22)13-21(26)19(23)20-12-11-15-5-3-2-4-6-15/h2-10,16,22,26H,11-14H2,1H3,(H,20,23). The summed E-state index contributed by atoms with van der Waals surface area (Å²) in [6.07, 6.45) is -0.119. The third-order valence-corrected chi connectivity index (χ3v) is 4.00. The van der Waals surface area contributed by atoms with Crippen molar-refractivity contribution in [1.29, 1.82) is 0 Å². The second kappa shape index (κ2) is 10.6. The summed E-state index contributed by atoms with van der Waals surface area (Å²) in [5.74, 6) is 1.34. The normalized spacial score (nSPS) is 11.5. The molecule has 0 saturated heterocycles. The lowest BCUT2D eigenvalue weighted by molar-refractivity contribution is 0.0953. The molecule has 0 bridgehead atoms. The minimum atomic E-state index is -0.852. The summed E-state index contributed by atoms with van der Waals surface area (Å²) < 4.78 is 11.7. The average molecular weight is 376 g/mol. The third kappa shape index (κ3) is 6.85. The van der Waals surface area contributed by atoms with Gasteiger partial charge in [0, 0.05) is 6.54 Å². The van der Waals surface area contributed by atoms with E-state index in [1.54, 1.807) is 31.4 Å². The summed E-state index contributed by atoms with van der Waals surface area (Å²) in [6.45, 7) is 0.607. The van der Waals surface area contributed by atoms with Crippen LogP contribution in [0.15, 0.2) is 54.6 Å². The van der Waals surface area contributed by atoms with Crippen LogP contribution >= 0.6 is 12.8 Å². The monoisotopic (exact) mass is 376 g/mol. The molecular formula is C19H24N2O4S. The van der Waals surface area contributed by atoms with Crippen molar-refractivity contribution in [3.8, 4) is 11.5 Å². The van der Waals surface area contributed by atoms with E-state index in [4.69, 9.17) is 9.47 Å². The first-order valence-electron chi connectivity index (χ1n) is 8.31. The largest absolute Gasteiger partial charge is 0.497 e. The molecule has 0 aliphatic heterocycles. The zero-order valence-electron chi connectivity index (χ0n) is 14.7. The highest BCUT2D eigenvalue weighted by Gasteiger charge is 2.15. The minimum Gasteiger partial charge on any atom is -0.497 e. The topological polar surface area (TPSA) is 71.0 Å². The quantitative estimate of drug-likeness (QED) is 0.588. The number of amides is 2. The van der Waals surface area contributed by atoms with Gasteiger partial charge in [-0.25, -0.2) is 4.79 Å². The van der Waals surface area contributed by atoms with Crippen molar-refractivity contribution >= 4 is 18.8 Å². The molecule has 0 spiro atoms. The van der Waals surface area contributed by atoms with Crippen molar-refractivity contribution in [3.63, 3.8) is 0 Å². The molecule has 0 aliphatic carbocycles. The van der Waals surface area contributed by atoms with Gasteiger partial charge in [-0.3, -0.25) is 4.31 Å². The smallest absolute Gasteiger partial charge is 0.327 e. The van der Waals surface area contributed by atoms with Gasteiger partial charge < -0.3 is 19.9 Å². The maximum atomic E-state index is 12.0. The Labute approximate surface area is 159 Å². The molecule has 140 valence electrons. The van der Waals surface area contributed by atoms with E-state index in [-0.39, 0.29) is 19.2 Å². The molecule has 2 aromatic carbocycles. The second-order valence-corrected chi connectivity index (χ2v) is 6.17. The molecule has 0 fully saturated rings. The summed E-state index contributed by atoms with van der Waals surface area (Å²) in [4.78, 5) is 12.0. The molecule has 2 amide bonds. The maximum Gasteiger partial charge on any atom is 0.327 e. The molecule has 0 aliphatic rings. The van der Waals surface area contributed by atoms with Crippen molar-refractivity contribution in [1.82, 2.24) is 9.62 Å². The average Bonchev–Trinajstić information content (AvgIpc) is 2.67. The van der Waals surface area contributed by atoms with Crippen LogP contribution < -0.4 is 14.8 Å². The van der Waals surface area contributed by atoms with E-state index >= 15 is 0 Å². The highest BCUT2D eigenvalue weighted by atomic mass is 32.1. The highest BCUT2D eigenvalue weighted by Crippen LogP contribution is 2.17. The second-order valence-electron chi connectivity index (χ2n) is 5.69. The van der Waals surface area contributed by atoms with Crippen LogP contribution in [0.25, 0.3) is 0 Å². The van der Waals surface area contributed by atoms with Crippen LogP contribution in [0.1, 0.15) is 5.56 Å². The zero-order valence-corrected chi connectivity index (χ0v) is 15.6. The van der Waals surface area contributed by atoms with Gasteiger partial charge in [-0.05, 0) is 36.2 Å². The van der Waals surface area contributed by atoms with E-state index in [0.29, 0.717) is 12.3 Å². The van der Waals surface area contributed by atoms with Crippen LogP contribution in [-0.4, -0.2) is 48.4 Å². The molecular weight excluding hydrogens is 352 g/mol. The highest BCUT2D eigenvalue weighted by molar-refractivity contribution is 7.78. The molecule has 1 atom stereocenters. The van der Waals surface area contributed by atoms with Gasteiger partial charge in [0.25, 0.3) is 0 Å². The lowest BCUT2D eigenvalue weighted by Gasteiger charge is -2.20. The Morgan fingerprint density at radius 3 is 2.46 bits per heavy atom. The van der Waals surface area contributed by atoms with Gasteiger partial charge in [0.15, 0.2) is 0 Å². The van der Waals surface area contributed by atoms with E-state index < -0.39 is 6.10 Å². The number of thiol groups is 1. The fraction of sp³-hybridized carbons (Fsp3) is 0.316. The molecule has 0 saturated carbocycles. The van der Waals surface area contributed by atoms with Crippen LogP contribution in [0.2, 0.25) is 0 Å². The first-order valence-corrected chi connectivity index (χ1v) is 8.71. The van der Waals surface area contributed by atoms with Crippen molar-refractivity contribution in [3.05, 3.63) is 60.2 Å². The number of ether oxygens (including phenoxy) is 2. The maximum absolute atomic E-state index is 12.0. The van der Waals surface area contributed by atoms with Gasteiger partial charge in [0.2, 0.25) is 0 Å². The summed E-state index contributed by atoms with van der Waals surface area (Å²) in [6, 6.07) is 16.6. The van der Waals surface area contributed by atoms with Crippen LogP contribution in [0.5, 0.6) is 11.5 Å². The molecule has 0 radical (unpaired) electrons. The van der Waals surface area contributed by atoms with Crippen LogP contribution in [0, 0.1) is 0 Å². The van der Waals surface area contributed by atoms with Crippen molar-refractivity contribution in [2.45, 2.75) is 12.5 Å². The first-order chi connectivity index (χ1) is 12.6. The Balaban J connectivity index is 1.66. The van der Waals surface area contributed by atoms with Crippen LogP contribution in [0.4, 0.5) is 4.79 Å². The number of aliphatic hydroxyl groups is 1. The molecule has 0 aromatic heterocycles. The van der Waals surface area contributed by atoms with Crippen LogP contribution in [0.3, 0.4) is 0 Å². The summed E-state index contributed by atoms with van der Waals surface area (Å²) in [7, 11) is 1.59. The van der Waals surface area contributed by atoms with Gasteiger partial charge in [0.1, 0.15) is 24.2 Å². The molecule has 2 N–H and O–H groups in total. The van der Waals surface area contributed by atoms with Crippen molar-refractivity contribution in [2.24, 2.45) is 0 Å². The van der Waals surface area contributed by atoms with Gasteiger partial charge in [-0.2, -0.15) is 0 Å². The molecule has 2 rings (SSSR count). The van der Waals surface area contributed by atoms with E-state index in [9.17, 15) is 9.90 Å². The molecule has 1 unspecified atom stereocenters. The van der Waals surface area contributed by atoms with Gasteiger partial charge in [0.05, 0.1) is 13.7 Å². The number of urea groups is 1. The first kappa shape index (κ1) is 19.9. The lowest BCUT2D eigenvalue weighted by Crippen LogP contribution is -2.40. The van der Waals surface area contributed by atoms with Crippen molar-refractivity contribution < 1.29 is 19.4 Å². The molecule has 26 heavy (non-hydrogen) atoms. The Morgan fingerprint density at radius 1 is 1.15 bits per heavy atom. The summed E-state index contributed by atoms with van der Waals surface area (Å²) in [5.41, 5.74) is 1.14. The van der Waals surface area contributed by atoms with Gasteiger partial charge >= 0.3 is 6.03 Å². The fourth-order valence-corrected chi connectivity index (χ4v) is 2.51. The van der Waals surface area contributed by atoms with Crippen molar-refractivity contribution in [2.75, 3.05) is 26.8 Å². The number of hydrogen-bond acceptors (Lipinski definition) is 5. The number of hydrogen-bond donors (Lipinski definition) is 3. The minimum absolute atomic E-state index is 0.0520. The summed E-state index contributed by atoms with van der Waals surface area (Å²) >= 11 is 4.12. The van der Waals surface area contributed by atoms with Crippen LogP contribution in [-0.2, 0) is 6.42 Å². The molecule has 7 heteroatoms.